The van der Waals surface area contributed by atoms with Crippen molar-refractivity contribution in [2.75, 3.05) is 13.1 Å². The molecular formula is C9H19N5O2S. The lowest BCUT2D eigenvalue weighted by Gasteiger charge is -2.19. The Morgan fingerprint density at radius 2 is 2.00 bits per heavy atom. The second kappa shape index (κ2) is 6.89. The number of thiocarbonyl (C=S) groups is 1. The topological polar surface area (TPSA) is 115 Å². The van der Waals surface area contributed by atoms with E-state index in [1.54, 1.807) is 20.8 Å². The van der Waals surface area contributed by atoms with E-state index in [1.807, 2.05) is 0 Å². The SMILES string of the molecule is CC(C)(C)OC(=O)NCCN=C(N)NC(N)=S. The molecule has 0 fully saturated rings. The average Bonchev–Trinajstić information content (AvgIpc) is 2.08. The molecule has 0 saturated heterocycles. The monoisotopic (exact) mass is 261 g/mol. The van der Waals surface area contributed by atoms with Crippen molar-refractivity contribution in [2.45, 2.75) is 26.4 Å². The van der Waals surface area contributed by atoms with Crippen LogP contribution in [0.4, 0.5) is 4.79 Å². The Bertz CT molecular complexity index is 311. The normalized spacial score (nSPS) is 11.8. The highest BCUT2D eigenvalue weighted by atomic mass is 32.1. The number of nitrogens with one attached hydrogen (secondary N) is 2. The van der Waals surface area contributed by atoms with E-state index in [4.69, 9.17) is 16.2 Å². The summed E-state index contributed by atoms with van der Waals surface area (Å²) in [5.74, 6) is 0.114. The maximum atomic E-state index is 11.2. The van der Waals surface area contributed by atoms with Crippen molar-refractivity contribution in [1.29, 1.82) is 0 Å². The number of alkyl carbamates (subject to hydrolysis) is 1. The summed E-state index contributed by atoms with van der Waals surface area (Å²) in [6.45, 7) is 5.98. The third kappa shape index (κ3) is 10.7. The number of amides is 1. The van der Waals surface area contributed by atoms with Gasteiger partial charge in [-0.15, -0.1) is 0 Å². The molecule has 0 heterocycles. The number of aliphatic imine (C=N–C) groups is 1. The third-order valence-electron chi connectivity index (χ3n) is 1.31. The van der Waals surface area contributed by atoms with Gasteiger partial charge in [-0.25, -0.2) is 4.79 Å². The lowest BCUT2D eigenvalue weighted by atomic mass is 10.2. The molecule has 0 bridgehead atoms. The first kappa shape index (κ1) is 15.4. The Kier molecular flexibility index (Phi) is 6.26. The summed E-state index contributed by atoms with van der Waals surface area (Å²) in [5, 5.41) is 5.04. The van der Waals surface area contributed by atoms with Gasteiger partial charge in [0, 0.05) is 6.54 Å². The summed E-state index contributed by atoms with van der Waals surface area (Å²) in [5.41, 5.74) is 10.1. The van der Waals surface area contributed by atoms with Crippen molar-refractivity contribution in [1.82, 2.24) is 10.6 Å². The van der Waals surface area contributed by atoms with Gasteiger partial charge in [0.05, 0.1) is 6.54 Å². The van der Waals surface area contributed by atoms with Crippen LogP contribution in [0.1, 0.15) is 20.8 Å². The first-order valence-electron chi connectivity index (χ1n) is 5.04. The number of nitrogens with zero attached hydrogens (tertiary/aromatic N) is 1. The third-order valence-corrected chi connectivity index (χ3v) is 1.42. The number of carbonyl (C=O) groups is 1. The van der Waals surface area contributed by atoms with E-state index in [0.29, 0.717) is 13.1 Å². The summed E-state index contributed by atoms with van der Waals surface area (Å²) >= 11 is 4.57. The molecule has 0 aliphatic heterocycles. The number of guanidine groups is 1. The van der Waals surface area contributed by atoms with Gasteiger partial charge in [0.15, 0.2) is 11.1 Å². The molecule has 17 heavy (non-hydrogen) atoms. The van der Waals surface area contributed by atoms with Crippen LogP contribution in [0, 0.1) is 0 Å². The minimum Gasteiger partial charge on any atom is -0.444 e. The molecule has 0 aliphatic rings. The summed E-state index contributed by atoms with van der Waals surface area (Å²) in [7, 11) is 0. The Labute approximate surface area is 106 Å². The molecule has 0 aliphatic carbocycles. The molecule has 7 nitrogen and oxygen atoms in total. The molecule has 0 radical (unpaired) electrons. The zero-order valence-electron chi connectivity index (χ0n) is 10.2. The van der Waals surface area contributed by atoms with Gasteiger partial charge in [-0.2, -0.15) is 0 Å². The standard InChI is InChI=1S/C9H19N5O2S/c1-9(2,3)16-8(15)13-5-4-12-6(10)14-7(11)17/h4-5H2,1-3H3,(H,13,15)(H5,10,11,12,14,17). The highest BCUT2D eigenvalue weighted by Gasteiger charge is 2.15. The molecule has 0 saturated carbocycles. The quantitative estimate of drug-likeness (QED) is 0.239. The molecule has 0 aromatic heterocycles. The van der Waals surface area contributed by atoms with Gasteiger partial charge < -0.3 is 26.8 Å². The van der Waals surface area contributed by atoms with E-state index in [-0.39, 0.29) is 11.1 Å². The predicted molar refractivity (Wildman–Crippen MR) is 70.6 cm³/mol. The minimum atomic E-state index is -0.514. The highest BCUT2D eigenvalue weighted by Crippen LogP contribution is 2.05. The van der Waals surface area contributed by atoms with Crippen LogP contribution in [0.2, 0.25) is 0 Å². The maximum absolute atomic E-state index is 11.2. The van der Waals surface area contributed by atoms with Crippen LogP contribution in [-0.4, -0.2) is 35.9 Å². The second-order valence-corrected chi connectivity index (χ2v) is 4.62. The zero-order valence-corrected chi connectivity index (χ0v) is 11.1. The van der Waals surface area contributed by atoms with Crippen LogP contribution in [0.3, 0.4) is 0 Å². The van der Waals surface area contributed by atoms with Crippen molar-refractivity contribution in [2.24, 2.45) is 16.5 Å². The van der Waals surface area contributed by atoms with E-state index in [0.717, 1.165) is 0 Å². The molecule has 0 aromatic carbocycles. The summed E-state index contributed by atoms with van der Waals surface area (Å²) < 4.78 is 5.02. The van der Waals surface area contributed by atoms with Crippen LogP contribution in [0.5, 0.6) is 0 Å². The van der Waals surface area contributed by atoms with Gasteiger partial charge in [0.1, 0.15) is 5.60 Å². The molecule has 1 amide bonds. The molecule has 0 spiro atoms. The van der Waals surface area contributed by atoms with E-state index in [9.17, 15) is 4.79 Å². The highest BCUT2D eigenvalue weighted by molar-refractivity contribution is 7.80. The molecular weight excluding hydrogens is 242 g/mol. The van der Waals surface area contributed by atoms with Crippen molar-refractivity contribution < 1.29 is 9.53 Å². The van der Waals surface area contributed by atoms with Crippen molar-refractivity contribution >= 4 is 29.4 Å². The molecule has 0 atom stereocenters. The number of hydrogen-bond acceptors (Lipinski definition) is 4. The molecule has 0 unspecified atom stereocenters. The predicted octanol–water partition coefficient (Wildman–Crippen LogP) is -0.341. The molecule has 8 heteroatoms. The van der Waals surface area contributed by atoms with Gasteiger partial charge in [-0.3, -0.25) is 4.99 Å². The van der Waals surface area contributed by atoms with Gasteiger partial charge in [0.25, 0.3) is 0 Å². The van der Waals surface area contributed by atoms with E-state index < -0.39 is 11.7 Å². The molecule has 98 valence electrons. The molecule has 0 aromatic rings. The lowest BCUT2D eigenvalue weighted by molar-refractivity contribution is 0.0529. The fraction of sp³-hybridized carbons (Fsp3) is 0.667. The minimum absolute atomic E-state index is 0.0475. The Morgan fingerprint density at radius 3 is 2.47 bits per heavy atom. The van der Waals surface area contributed by atoms with E-state index >= 15 is 0 Å². The fourth-order valence-electron chi connectivity index (χ4n) is 0.814. The number of hydrogen-bond donors (Lipinski definition) is 4. The molecule has 0 rings (SSSR count). The lowest BCUT2D eigenvalue weighted by Crippen LogP contribution is -2.40. The van der Waals surface area contributed by atoms with E-state index in [2.05, 4.69) is 27.8 Å². The number of nitrogens with two attached hydrogens (primary N) is 2. The van der Waals surface area contributed by atoms with Gasteiger partial charge >= 0.3 is 6.09 Å². The first-order chi connectivity index (χ1) is 7.70. The Morgan fingerprint density at radius 1 is 1.41 bits per heavy atom. The second-order valence-electron chi connectivity index (χ2n) is 4.18. The first-order valence-corrected chi connectivity index (χ1v) is 5.45. The van der Waals surface area contributed by atoms with Crippen LogP contribution in [0.25, 0.3) is 0 Å². The largest absolute Gasteiger partial charge is 0.444 e. The van der Waals surface area contributed by atoms with Crippen LogP contribution >= 0.6 is 12.2 Å². The van der Waals surface area contributed by atoms with E-state index in [1.165, 1.54) is 0 Å². The number of carbonyl (C=O) groups excluding carboxylic acids is 1. The van der Waals surface area contributed by atoms with Gasteiger partial charge in [0.2, 0.25) is 0 Å². The fourth-order valence-corrected chi connectivity index (χ4v) is 0.919. The average molecular weight is 261 g/mol. The summed E-state index contributed by atoms with van der Waals surface area (Å²) in [6, 6.07) is 0. The van der Waals surface area contributed by atoms with Crippen molar-refractivity contribution in [3.05, 3.63) is 0 Å². The van der Waals surface area contributed by atoms with Crippen LogP contribution < -0.4 is 22.1 Å². The van der Waals surface area contributed by atoms with Crippen molar-refractivity contribution in [3.63, 3.8) is 0 Å². The summed E-state index contributed by atoms with van der Waals surface area (Å²) in [6.07, 6.45) is -0.492. The maximum Gasteiger partial charge on any atom is 0.407 e. The van der Waals surface area contributed by atoms with Crippen LogP contribution in [-0.2, 0) is 4.74 Å². The van der Waals surface area contributed by atoms with Crippen molar-refractivity contribution in [3.8, 4) is 0 Å². The number of rotatable bonds is 3. The van der Waals surface area contributed by atoms with Gasteiger partial charge in [-0.05, 0) is 33.0 Å². The van der Waals surface area contributed by atoms with Gasteiger partial charge in [-0.1, -0.05) is 0 Å². The Balaban J connectivity index is 3.78. The summed E-state index contributed by atoms with van der Waals surface area (Å²) in [4.78, 5) is 15.1. The number of ether oxygens (including phenoxy) is 1. The Hall–Kier alpha value is -1.57. The van der Waals surface area contributed by atoms with Crippen LogP contribution in [0.15, 0.2) is 4.99 Å². The molecule has 6 N–H and O–H groups in total. The zero-order chi connectivity index (χ0) is 13.5. The smallest absolute Gasteiger partial charge is 0.407 e.